The van der Waals surface area contributed by atoms with Gasteiger partial charge in [0, 0.05) is 23.3 Å². The number of nitrogens with one attached hydrogen (secondary N) is 1. The molecule has 0 radical (unpaired) electrons. The molecule has 0 fully saturated rings. The normalized spacial score (nSPS) is 10.3. The molecule has 3 nitrogen and oxygen atoms in total. The van der Waals surface area contributed by atoms with E-state index in [2.05, 4.69) is 9.97 Å². The van der Waals surface area contributed by atoms with Gasteiger partial charge < -0.3 is 10.7 Å². The van der Waals surface area contributed by atoms with Crippen molar-refractivity contribution in [2.45, 2.75) is 0 Å². The molecule has 0 aliphatic carbocycles. The molecule has 0 atom stereocenters. The van der Waals surface area contributed by atoms with Crippen LogP contribution in [-0.2, 0) is 0 Å². The Balaban J connectivity index is 2.79. The van der Waals surface area contributed by atoms with Crippen LogP contribution in [0.3, 0.4) is 0 Å². The number of fused-ring (bicyclic) bond motifs is 1. The van der Waals surface area contributed by atoms with Crippen LogP contribution in [-0.4, -0.2) is 15.0 Å². The van der Waals surface area contributed by atoms with Crippen molar-refractivity contribution in [3.63, 3.8) is 0 Å². The van der Waals surface area contributed by atoms with Gasteiger partial charge in [0.25, 0.3) is 0 Å². The molecule has 0 aromatic carbocycles. The average molecular weight is 177 g/mol. The molecule has 0 saturated carbocycles. The fraction of sp³-hybridized carbons (Fsp3) is 0. The average Bonchev–Trinajstić information content (AvgIpc) is 2.47. The van der Waals surface area contributed by atoms with Crippen molar-refractivity contribution in [2.24, 2.45) is 5.73 Å². The molecule has 0 aliphatic rings. The van der Waals surface area contributed by atoms with Crippen molar-refractivity contribution in [1.82, 2.24) is 9.97 Å². The van der Waals surface area contributed by atoms with Crippen molar-refractivity contribution in [2.75, 3.05) is 0 Å². The number of aromatic amines is 1. The number of nitrogens with two attached hydrogens (primary N) is 1. The summed E-state index contributed by atoms with van der Waals surface area (Å²) in [6.07, 6.45) is 3.50. The maximum absolute atomic E-state index is 5.51. The van der Waals surface area contributed by atoms with Crippen molar-refractivity contribution < 1.29 is 0 Å². The van der Waals surface area contributed by atoms with Crippen molar-refractivity contribution in [3.8, 4) is 0 Å². The molecule has 0 saturated heterocycles. The SMILES string of the molecule is NC(=S)c1c[nH]c2ncccc12. The van der Waals surface area contributed by atoms with E-state index in [0.29, 0.717) is 4.99 Å². The number of thiocarbonyl (C=S) groups is 1. The van der Waals surface area contributed by atoms with E-state index in [0.717, 1.165) is 16.6 Å². The summed E-state index contributed by atoms with van der Waals surface area (Å²) in [5.41, 5.74) is 7.18. The Morgan fingerprint density at radius 3 is 3.17 bits per heavy atom. The number of H-pyrrole nitrogens is 1. The lowest BCUT2D eigenvalue weighted by molar-refractivity contribution is 1.33. The standard InChI is InChI=1S/C8H7N3S/c9-7(12)6-4-11-8-5(6)2-1-3-10-8/h1-4H,(H2,9,12)(H,10,11). The summed E-state index contributed by atoms with van der Waals surface area (Å²) in [6, 6.07) is 3.80. The summed E-state index contributed by atoms with van der Waals surface area (Å²) in [6.45, 7) is 0. The second-order valence-corrected chi connectivity index (χ2v) is 2.91. The smallest absolute Gasteiger partial charge is 0.137 e. The predicted molar refractivity (Wildman–Crippen MR) is 52.0 cm³/mol. The minimum absolute atomic E-state index is 0.397. The van der Waals surface area contributed by atoms with Gasteiger partial charge in [-0.2, -0.15) is 0 Å². The number of hydrogen-bond acceptors (Lipinski definition) is 2. The number of pyridine rings is 1. The molecule has 2 heterocycles. The van der Waals surface area contributed by atoms with E-state index in [4.69, 9.17) is 18.0 Å². The van der Waals surface area contributed by atoms with Crippen LogP contribution in [0.1, 0.15) is 5.56 Å². The molecular weight excluding hydrogens is 170 g/mol. The Bertz CT molecular complexity index is 433. The lowest BCUT2D eigenvalue weighted by Crippen LogP contribution is -2.08. The minimum Gasteiger partial charge on any atom is -0.389 e. The number of aromatic nitrogens is 2. The topological polar surface area (TPSA) is 54.7 Å². The van der Waals surface area contributed by atoms with Crippen molar-refractivity contribution >= 4 is 28.2 Å². The Morgan fingerprint density at radius 1 is 1.58 bits per heavy atom. The van der Waals surface area contributed by atoms with E-state index in [1.54, 1.807) is 12.4 Å². The number of rotatable bonds is 1. The van der Waals surface area contributed by atoms with E-state index in [1.165, 1.54) is 0 Å². The van der Waals surface area contributed by atoms with Crippen LogP contribution in [0.4, 0.5) is 0 Å². The monoisotopic (exact) mass is 177 g/mol. The molecule has 4 heteroatoms. The number of hydrogen-bond donors (Lipinski definition) is 2. The fourth-order valence-corrected chi connectivity index (χ4v) is 1.33. The molecule has 2 aromatic rings. The Morgan fingerprint density at radius 2 is 2.42 bits per heavy atom. The summed E-state index contributed by atoms with van der Waals surface area (Å²) in [4.78, 5) is 7.50. The highest BCUT2D eigenvalue weighted by Gasteiger charge is 2.04. The molecule has 60 valence electrons. The van der Waals surface area contributed by atoms with Crippen LogP contribution in [0.2, 0.25) is 0 Å². The minimum atomic E-state index is 0.397. The summed E-state index contributed by atoms with van der Waals surface area (Å²) in [7, 11) is 0. The molecular formula is C8H7N3S. The Hall–Kier alpha value is -1.42. The van der Waals surface area contributed by atoms with Crippen molar-refractivity contribution in [3.05, 3.63) is 30.1 Å². The lowest BCUT2D eigenvalue weighted by Gasteiger charge is -1.92. The molecule has 12 heavy (non-hydrogen) atoms. The number of nitrogens with zero attached hydrogens (tertiary/aromatic N) is 1. The molecule has 2 rings (SSSR count). The summed E-state index contributed by atoms with van der Waals surface area (Å²) >= 11 is 4.87. The first-order valence-electron chi connectivity index (χ1n) is 3.51. The van der Waals surface area contributed by atoms with Crippen LogP contribution in [0.5, 0.6) is 0 Å². The Kier molecular flexibility index (Phi) is 1.55. The van der Waals surface area contributed by atoms with Gasteiger partial charge in [0.05, 0.1) is 0 Å². The van der Waals surface area contributed by atoms with Crippen LogP contribution in [0.25, 0.3) is 11.0 Å². The lowest BCUT2D eigenvalue weighted by atomic mass is 10.2. The highest BCUT2D eigenvalue weighted by molar-refractivity contribution is 7.80. The summed E-state index contributed by atoms with van der Waals surface area (Å²) in [5.74, 6) is 0. The zero-order valence-electron chi connectivity index (χ0n) is 6.24. The first kappa shape index (κ1) is 7.24. The molecule has 0 unspecified atom stereocenters. The van der Waals surface area contributed by atoms with Gasteiger partial charge in [0.2, 0.25) is 0 Å². The second kappa shape index (κ2) is 2.57. The largest absolute Gasteiger partial charge is 0.389 e. The van der Waals surface area contributed by atoms with Gasteiger partial charge in [-0.1, -0.05) is 12.2 Å². The molecule has 0 amide bonds. The Labute approximate surface area is 74.6 Å². The predicted octanol–water partition coefficient (Wildman–Crippen LogP) is 1.20. The third-order valence-electron chi connectivity index (χ3n) is 1.72. The molecule has 0 bridgehead atoms. The van der Waals surface area contributed by atoms with Gasteiger partial charge in [-0.05, 0) is 12.1 Å². The van der Waals surface area contributed by atoms with E-state index in [1.807, 2.05) is 12.1 Å². The maximum Gasteiger partial charge on any atom is 0.137 e. The second-order valence-electron chi connectivity index (χ2n) is 2.47. The van der Waals surface area contributed by atoms with Gasteiger partial charge in [-0.15, -0.1) is 0 Å². The van der Waals surface area contributed by atoms with E-state index < -0.39 is 0 Å². The fourth-order valence-electron chi connectivity index (χ4n) is 1.16. The first-order valence-corrected chi connectivity index (χ1v) is 3.92. The van der Waals surface area contributed by atoms with E-state index >= 15 is 0 Å². The van der Waals surface area contributed by atoms with Crippen LogP contribution < -0.4 is 5.73 Å². The van der Waals surface area contributed by atoms with E-state index in [9.17, 15) is 0 Å². The zero-order valence-corrected chi connectivity index (χ0v) is 7.06. The molecule has 0 spiro atoms. The zero-order chi connectivity index (χ0) is 8.55. The third kappa shape index (κ3) is 0.967. The quantitative estimate of drug-likeness (QED) is 0.643. The van der Waals surface area contributed by atoms with E-state index in [-0.39, 0.29) is 0 Å². The molecule has 2 aromatic heterocycles. The highest BCUT2D eigenvalue weighted by Crippen LogP contribution is 2.14. The van der Waals surface area contributed by atoms with Gasteiger partial charge in [-0.3, -0.25) is 0 Å². The van der Waals surface area contributed by atoms with Crippen LogP contribution in [0, 0.1) is 0 Å². The summed E-state index contributed by atoms with van der Waals surface area (Å²) < 4.78 is 0. The van der Waals surface area contributed by atoms with Gasteiger partial charge in [-0.25, -0.2) is 4.98 Å². The molecule has 3 N–H and O–H groups in total. The van der Waals surface area contributed by atoms with Crippen molar-refractivity contribution in [1.29, 1.82) is 0 Å². The van der Waals surface area contributed by atoms with Gasteiger partial charge in [0.1, 0.15) is 10.6 Å². The highest BCUT2D eigenvalue weighted by atomic mass is 32.1. The maximum atomic E-state index is 5.51. The third-order valence-corrected chi connectivity index (χ3v) is 1.94. The van der Waals surface area contributed by atoms with Gasteiger partial charge >= 0.3 is 0 Å². The first-order chi connectivity index (χ1) is 5.79. The summed E-state index contributed by atoms with van der Waals surface area (Å²) in [5, 5.41) is 0.977. The van der Waals surface area contributed by atoms with Crippen LogP contribution >= 0.6 is 12.2 Å². The van der Waals surface area contributed by atoms with Crippen LogP contribution in [0.15, 0.2) is 24.5 Å². The van der Waals surface area contributed by atoms with Gasteiger partial charge in [0.15, 0.2) is 0 Å². The molecule has 0 aliphatic heterocycles.